The number of rotatable bonds is 6. The number of hydrogen-bond donors (Lipinski definition) is 3. The number of likely N-dealkylation sites (N-methyl/N-ethyl adjacent to an activating group) is 1. The molecule has 4 rings (SSSR count). The summed E-state index contributed by atoms with van der Waals surface area (Å²) in [5.41, 5.74) is 0.950. The van der Waals surface area contributed by atoms with Crippen molar-refractivity contribution in [3.63, 3.8) is 0 Å². The van der Waals surface area contributed by atoms with Crippen LogP contribution in [0.15, 0.2) is 36.8 Å². The highest BCUT2D eigenvalue weighted by atomic mass is 19.1. The molecule has 0 radical (unpaired) electrons. The van der Waals surface area contributed by atoms with Crippen molar-refractivity contribution in [2.45, 2.75) is 71.3 Å². The van der Waals surface area contributed by atoms with E-state index in [1.807, 2.05) is 30.2 Å². The van der Waals surface area contributed by atoms with E-state index in [2.05, 4.69) is 28.3 Å². The zero-order valence-corrected chi connectivity index (χ0v) is 26.7. The van der Waals surface area contributed by atoms with Crippen molar-refractivity contribution >= 4 is 6.09 Å². The van der Waals surface area contributed by atoms with Gasteiger partial charge in [-0.15, -0.1) is 0 Å². The molecule has 4 atom stereocenters. The van der Waals surface area contributed by atoms with Crippen LogP contribution in [-0.2, 0) is 4.74 Å². The lowest BCUT2D eigenvalue weighted by Crippen LogP contribution is -2.57. The molecule has 43 heavy (non-hydrogen) atoms. The van der Waals surface area contributed by atoms with E-state index >= 15 is 0 Å². The molecule has 2 aliphatic rings. The third-order valence-corrected chi connectivity index (χ3v) is 7.27. The molecule has 2 aliphatic heterocycles. The maximum atomic E-state index is 13.3. The fourth-order valence-corrected chi connectivity index (χ4v) is 5.04. The van der Waals surface area contributed by atoms with Crippen LogP contribution < -0.4 is 5.32 Å². The van der Waals surface area contributed by atoms with Gasteiger partial charge in [0.05, 0.1) is 49.6 Å². The molecule has 0 bridgehead atoms. The number of aliphatic hydroxyl groups is 2. The van der Waals surface area contributed by atoms with E-state index in [0.29, 0.717) is 24.8 Å². The molecule has 2 fully saturated rings. The van der Waals surface area contributed by atoms with E-state index < -0.39 is 23.8 Å². The number of nitriles is 1. The number of benzene rings is 1. The number of piperazine rings is 2. The fraction of sp³-hybridized carbons (Fsp3) is 0.645. The van der Waals surface area contributed by atoms with Gasteiger partial charge in [0.1, 0.15) is 17.5 Å². The van der Waals surface area contributed by atoms with Gasteiger partial charge in [-0.05, 0) is 52.4 Å². The second-order valence-electron chi connectivity index (χ2n) is 11.6. The van der Waals surface area contributed by atoms with Crippen LogP contribution in [-0.4, -0.2) is 118 Å². The smallest absolute Gasteiger partial charge is 0.410 e. The van der Waals surface area contributed by atoms with Crippen LogP contribution in [0.25, 0.3) is 0 Å². The minimum absolute atomic E-state index is 0.167. The molecule has 240 valence electrons. The summed E-state index contributed by atoms with van der Waals surface area (Å²) in [6.07, 6.45) is 2.86. The molecule has 1 aromatic carbocycles. The van der Waals surface area contributed by atoms with Crippen LogP contribution in [0, 0.1) is 17.1 Å². The molecule has 1 aromatic heterocycles. The van der Waals surface area contributed by atoms with E-state index in [9.17, 15) is 19.6 Å². The highest BCUT2D eigenvalue weighted by molar-refractivity contribution is 5.68. The van der Waals surface area contributed by atoms with Gasteiger partial charge in [-0.1, -0.05) is 26.0 Å². The lowest BCUT2D eigenvalue weighted by Gasteiger charge is -2.42. The lowest BCUT2D eigenvalue weighted by atomic mass is 10.0. The number of ether oxygens (including phenoxy) is 1. The number of nitrogens with one attached hydrogen (secondary N) is 1. The molecule has 2 aromatic rings. The Labute approximate surface area is 255 Å². The summed E-state index contributed by atoms with van der Waals surface area (Å²) in [6, 6.07) is 7.60. The van der Waals surface area contributed by atoms with E-state index in [1.165, 1.54) is 12.1 Å². The van der Waals surface area contributed by atoms with Gasteiger partial charge in [0.2, 0.25) is 0 Å². The van der Waals surface area contributed by atoms with E-state index in [1.54, 1.807) is 50.3 Å². The highest BCUT2D eigenvalue weighted by Gasteiger charge is 2.37. The quantitative estimate of drug-likeness (QED) is 0.456. The third-order valence-electron chi connectivity index (χ3n) is 7.27. The Kier molecular flexibility index (Phi) is 14.5. The van der Waals surface area contributed by atoms with Crippen LogP contribution in [0.4, 0.5) is 9.18 Å². The zero-order valence-electron chi connectivity index (χ0n) is 26.7. The van der Waals surface area contributed by atoms with E-state index in [0.717, 1.165) is 25.2 Å². The largest absolute Gasteiger partial charge is 0.444 e. The second kappa shape index (κ2) is 17.3. The second-order valence-corrected chi connectivity index (χ2v) is 11.6. The average Bonchev–Trinajstić information content (AvgIpc) is 3.47. The first-order chi connectivity index (χ1) is 20.5. The van der Waals surface area contributed by atoms with Crippen LogP contribution in [0.5, 0.6) is 0 Å². The number of hydrogen-bond acceptors (Lipinski definition) is 9. The first kappa shape index (κ1) is 36.1. The number of amides is 1. The summed E-state index contributed by atoms with van der Waals surface area (Å²) in [6.45, 7) is 15.5. The molecule has 0 spiro atoms. The van der Waals surface area contributed by atoms with Gasteiger partial charge in [-0.3, -0.25) is 4.90 Å². The molecule has 11 nitrogen and oxygen atoms in total. The fourth-order valence-electron chi connectivity index (χ4n) is 5.04. The molecule has 1 amide bonds. The Morgan fingerprint density at radius 1 is 1.16 bits per heavy atom. The van der Waals surface area contributed by atoms with Gasteiger partial charge >= 0.3 is 6.09 Å². The van der Waals surface area contributed by atoms with Crippen LogP contribution in [0.1, 0.15) is 64.9 Å². The minimum atomic E-state index is -0.668. The molecule has 3 unspecified atom stereocenters. The topological polar surface area (TPSA) is 130 Å². The maximum Gasteiger partial charge on any atom is 0.410 e. The highest BCUT2D eigenvalue weighted by Crippen LogP contribution is 2.29. The molecule has 3 N–H and O–H groups in total. The Bertz CT molecular complexity index is 1150. The van der Waals surface area contributed by atoms with Gasteiger partial charge in [-0.2, -0.15) is 5.26 Å². The predicted molar refractivity (Wildman–Crippen MR) is 164 cm³/mol. The van der Waals surface area contributed by atoms with Gasteiger partial charge in [0.15, 0.2) is 0 Å². The number of imidazole rings is 1. The number of carbonyl (C=O) groups is 1. The summed E-state index contributed by atoms with van der Waals surface area (Å²) in [4.78, 5) is 22.4. The average molecular weight is 604 g/mol. The standard InChI is InChI=1S/C23H30FN5O3.C6H14N2O.C2H6/c1-16(17-5-7-18(24)8-6-17)29-15-26-12-21(29)20(11-25)28-10-9-27(13-19(28)14-30)22(31)32-23(2,3)4;1-8-3-2-7-6(4-8)5-9;1-2/h5-8,12,15-16,19-20,30H,9-10,13-14H2,1-4H3;6-7,9H,2-5H2,1H3;1-2H3/t16-,19?,20?;;/m1../s1. The van der Waals surface area contributed by atoms with Crippen molar-refractivity contribution in [2.24, 2.45) is 0 Å². The summed E-state index contributed by atoms with van der Waals surface area (Å²) in [5, 5.41) is 32.0. The Hall–Kier alpha value is -3.08. The molecule has 2 saturated heterocycles. The Morgan fingerprint density at radius 2 is 1.84 bits per heavy atom. The van der Waals surface area contributed by atoms with Crippen molar-refractivity contribution in [1.82, 2.24) is 29.6 Å². The first-order valence-corrected chi connectivity index (χ1v) is 15.0. The van der Waals surface area contributed by atoms with Crippen molar-refractivity contribution in [3.8, 4) is 6.07 Å². The van der Waals surface area contributed by atoms with Crippen LogP contribution in [0.2, 0.25) is 0 Å². The van der Waals surface area contributed by atoms with E-state index in [4.69, 9.17) is 9.84 Å². The minimum Gasteiger partial charge on any atom is -0.444 e. The number of halogens is 1. The molecule has 3 heterocycles. The normalized spacial score (nSPS) is 20.9. The summed E-state index contributed by atoms with van der Waals surface area (Å²) in [7, 11) is 2.07. The molecular weight excluding hydrogens is 553 g/mol. The number of carbonyl (C=O) groups excluding carboxylic acids is 1. The van der Waals surface area contributed by atoms with Gasteiger partial charge in [0.25, 0.3) is 0 Å². The van der Waals surface area contributed by atoms with Gasteiger partial charge in [0, 0.05) is 45.3 Å². The van der Waals surface area contributed by atoms with Crippen molar-refractivity contribution in [3.05, 3.63) is 53.9 Å². The van der Waals surface area contributed by atoms with Crippen molar-refractivity contribution in [2.75, 3.05) is 59.5 Å². The Morgan fingerprint density at radius 3 is 2.37 bits per heavy atom. The zero-order chi connectivity index (χ0) is 32.2. The van der Waals surface area contributed by atoms with E-state index in [-0.39, 0.29) is 31.6 Å². The first-order valence-electron chi connectivity index (χ1n) is 15.0. The molecule has 0 saturated carbocycles. The monoisotopic (exact) mass is 603 g/mol. The van der Waals surface area contributed by atoms with Crippen molar-refractivity contribution in [1.29, 1.82) is 5.26 Å². The number of aromatic nitrogens is 2. The predicted octanol–water partition coefficient (Wildman–Crippen LogP) is 3.02. The summed E-state index contributed by atoms with van der Waals surface area (Å²) < 4.78 is 20.7. The summed E-state index contributed by atoms with van der Waals surface area (Å²) >= 11 is 0. The maximum absolute atomic E-state index is 13.3. The van der Waals surface area contributed by atoms with Crippen LogP contribution in [0.3, 0.4) is 0 Å². The summed E-state index contributed by atoms with van der Waals surface area (Å²) in [5.74, 6) is -0.310. The Balaban J connectivity index is 0.000000496. The van der Waals surface area contributed by atoms with Crippen LogP contribution >= 0.6 is 0 Å². The van der Waals surface area contributed by atoms with Gasteiger partial charge < -0.3 is 34.6 Å². The molecular formula is C31H50FN7O4. The SMILES string of the molecule is CC.CN1CCNC(CO)C1.C[C@H](c1ccc(F)cc1)n1cncc1C(C#N)N1CCN(C(=O)OC(C)(C)C)CC1CO. The molecule has 12 heteroatoms. The van der Waals surface area contributed by atoms with Gasteiger partial charge in [-0.25, -0.2) is 14.2 Å². The third kappa shape index (κ3) is 10.5. The number of aliphatic hydroxyl groups excluding tert-OH is 2. The molecule has 0 aliphatic carbocycles. The lowest BCUT2D eigenvalue weighted by molar-refractivity contribution is -0.0107. The van der Waals surface area contributed by atoms with Crippen molar-refractivity contribution < 1.29 is 24.1 Å². The number of nitrogens with zero attached hydrogens (tertiary/aromatic N) is 6.